The lowest BCUT2D eigenvalue weighted by atomic mass is 9.91. The summed E-state index contributed by atoms with van der Waals surface area (Å²) in [5.74, 6) is 0. The first-order valence-electron chi connectivity index (χ1n) is 10.6. The van der Waals surface area contributed by atoms with Gasteiger partial charge in [0.2, 0.25) is 0 Å². The third kappa shape index (κ3) is 3.58. The number of hydrogen-bond donors (Lipinski definition) is 3. The van der Waals surface area contributed by atoms with Crippen molar-refractivity contribution in [2.45, 2.75) is 25.8 Å². The van der Waals surface area contributed by atoms with Gasteiger partial charge in [0.25, 0.3) is 0 Å². The third-order valence-corrected chi connectivity index (χ3v) is 6.55. The fourth-order valence-corrected chi connectivity index (χ4v) is 4.85. The average Bonchev–Trinajstić information content (AvgIpc) is 2.95. The van der Waals surface area contributed by atoms with Gasteiger partial charge in [0, 0.05) is 36.4 Å². The van der Waals surface area contributed by atoms with Crippen LogP contribution in [0.15, 0.2) is 54.2 Å². The number of rotatable bonds is 3. The molecule has 3 N–H and O–H groups in total. The summed E-state index contributed by atoms with van der Waals surface area (Å²) in [4.78, 5) is 0. The van der Waals surface area contributed by atoms with Crippen molar-refractivity contribution in [2.24, 2.45) is 0 Å². The second-order valence-electron chi connectivity index (χ2n) is 8.23. The van der Waals surface area contributed by atoms with Gasteiger partial charge in [-0.15, -0.1) is 5.53 Å². The number of allylic oxidation sites excluding steroid dienone is 1. The van der Waals surface area contributed by atoms with Crippen molar-refractivity contribution in [3.05, 3.63) is 76.0 Å². The maximum absolute atomic E-state index is 6.25. The molecule has 0 amide bonds. The zero-order valence-electron chi connectivity index (χ0n) is 17.5. The fraction of sp³-hybridized carbons (Fsp3) is 0.333. The zero-order valence-corrected chi connectivity index (χ0v) is 18.3. The van der Waals surface area contributed by atoms with Crippen LogP contribution in [0.3, 0.4) is 0 Å². The highest BCUT2D eigenvalue weighted by molar-refractivity contribution is 6.30. The van der Waals surface area contributed by atoms with Gasteiger partial charge in [0.15, 0.2) is 0 Å². The van der Waals surface area contributed by atoms with Gasteiger partial charge in [0.1, 0.15) is 0 Å². The molecule has 0 saturated heterocycles. The molecular weight excluding hydrogens is 394 g/mol. The molecule has 0 bridgehead atoms. The first kappa shape index (κ1) is 19.5. The molecule has 30 heavy (non-hydrogen) atoms. The average molecular weight is 422 g/mol. The molecule has 0 saturated carbocycles. The summed E-state index contributed by atoms with van der Waals surface area (Å²) < 4.78 is 0. The molecule has 0 aromatic heterocycles. The molecule has 3 aliphatic heterocycles. The van der Waals surface area contributed by atoms with Gasteiger partial charge < -0.3 is 10.6 Å². The van der Waals surface area contributed by atoms with E-state index in [0.717, 1.165) is 43.2 Å². The second kappa shape index (κ2) is 7.99. The van der Waals surface area contributed by atoms with Crippen molar-refractivity contribution in [3.8, 4) is 0 Å². The van der Waals surface area contributed by atoms with E-state index in [2.05, 4.69) is 70.5 Å². The van der Waals surface area contributed by atoms with Crippen LogP contribution in [0.1, 0.15) is 42.5 Å². The summed E-state index contributed by atoms with van der Waals surface area (Å²) in [5.41, 5.74) is 12.5. The smallest absolute Gasteiger partial charge is 0.0816 e. The van der Waals surface area contributed by atoms with Gasteiger partial charge in [-0.05, 0) is 67.3 Å². The summed E-state index contributed by atoms with van der Waals surface area (Å²) in [6.07, 6.45) is 4.38. The maximum atomic E-state index is 6.25. The summed E-state index contributed by atoms with van der Waals surface area (Å²) in [6, 6.07) is 15.2. The van der Waals surface area contributed by atoms with E-state index in [-0.39, 0.29) is 6.04 Å². The van der Waals surface area contributed by atoms with Gasteiger partial charge in [-0.25, -0.2) is 0 Å². The van der Waals surface area contributed by atoms with Gasteiger partial charge in [0.05, 0.1) is 17.4 Å². The summed E-state index contributed by atoms with van der Waals surface area (Å²) in [7, 11) is 2.08. The van der Waals surface area contributed by atoms with Crippen molar-refractivity contribution in [2.75, 3.05) is 32.0 Å². The van der Waals surface area contributed by atoms with Crippen molar-refractivity contribution in [1.29, 1.82) is 0 Å². The number of fused-ring (bicyclic) bond motifs is 3. The molecule has 1 atom stereocenters. The molecule has 156 valence electrons. The Hall–Kier alpha value is -2.47. The lowest BCUT2D eigenvalue weighted by Crippen LogP contribution is -2.39. The van der Waals surface area contributed by atoms with Crippen LogP contribution in [0.5, 0.6) is 0 Å². The van der Waals surface area contributed by atoms with Gasteiger partial charge >= 0.3 is 0 Å². The van der Waals surface area contributed by atoms with E-state index in [0.29, 0.717) is 0 Å². The van der Waals surface area contributed by atoms with Gasteiger partial charge in [-0.3, -0.25) is 10.0 Å². The molecule has 2 aromatic rings. The van der Waals surface area contributed by atoms with E-state index < -0.39 is 0 Å². The molecule has 2 aromatic carbocycles. The number of anilines is 1. The third-order valence-electron chi connectivity index (χ3n) is 6.31. The van der Waals surface area contributed by atoms with E-state index in [4.69, 9.17) is 11.6 Å². The Morgan fingerprint density at radius 1 is 1.17 bits per heavy atom. The SMILES string of the molecule is CC1=C2c3ccc(C4=CCNCC4)cc3C(Nc3cccc(Cl)c3)CCN2NN1C. The molecule has 3 aliphatic rings. The van der Waals surface area contributed by atoms with E-state index in [1.54, 1.807) is 0 Å². The molecule has 0 aliphatic carbocycles. The normalized spacial score (nSPS) is 21.2. The fourth-order valence-electron chi connectivity index (χ4n) is 4.66. The molecule has 1 unspecified atom stereocenters. The second-order valence-corrected chi connectivity index (χ2v) is 8.66. The highest BCUT2D eigenvalue weighted by Gasteiger charge is 2.32. The Morgan fingerprint density at radius 3 is 2.87 bits per heavy atom. The van der Waals surface area contributed by atoms with Crippen LogP contribution in [0.2, 0.25) is 5.02 Å². The monoisotopic (exact) mass is 421 g/mol. The molecule has 3 heterocycles. The number of halogens is 1. The van der Waals surface area contributed by atoms with E-state index >= 15 is 0 Å². The summed E-state index contributed by atoms with van der Waals surface area (Å²) in [6.45, 7) is 5.09. The highest BCUT2D eigenvalue weighted by Crippen LogP contribution is 2.40. The molecule has 0 fully saturated rings. The highest BCUT2D eigenvalue weighted by atomic mass is 35.5. The Morgan fingerprint density at radius 2 is 2.07 bits per heavy atom. The molecular formula is C24H28ClN5. The Kier molecular flexibility index (Phi) is 5.19. The zero-order chi connectivity index (χ0) is 20.7. The Balaban J connectivity index is 1.60. The molecule has 0 spiro atoms. The molecule has 0 radical (unpaired) electrons. The van der Waals surface area contributed by atoms with Crippen molar-refractivity contribution >= 4 is 28.6 Å². The minimum atomic E-state index is 0.207. The minimum Gasteiger partial charge on any atom is -0.378 e. The van der Waals surface area contributed by atoms with Crippen LogP contribution < -0.4 is 16.2 Å². The van der Waals surface area contributed by atoms with Crippen LogP contribution >= 0.6 is 11.6 Å². The summed E-state index contributed by atoms with van der Waals surface area (Å²) in [5, 5.41) is 12.3. The largest absolute Gasteiger partial charge is 0.378 e. The van der Waals surface area contributed by atoms with E-state index in [9.17, 15) is 0 Å². The Labute approximate surface area is 183 Å². The standard InChI is InChI=1S/C24H28ClN5/c1-16-24-21-7-6-18(17-8-11-26-12-9-17)14-22(21)23(10-13-30(24)28-29(16)2)27-20-5-3-4-19(25)15-20/h3-8,14-15,23,26-28H,9-13H2,1-2H3. The number of benzene rings is 2. The quantitative estimate of drug-likeness (QED) is 0.674. The molecule has 6 heteroatoms. The van der Waals surface area contributed by atoms with Crippen LogP contribution in [-0.2, 0) is 0 Å². The number of nitrogens with one attached hydrogen (secondary N) is 3. The van der Waals surface area contributed by atoms with Gasteiger partial charge in [-0.1, -0.05) is 35.9 Å². The number of hydrogen-bond acceptors (Lipinski definition) is 5. The molecule has 5 nitrogen and oxygen atoms in total. The maximum Gasteiger partial charge on any atom is 0.0816 e. The first-order chi connectivity index (χ1) is 14.6. The molecule has 5 rings (SSSR count). The lowest BCUT2D eigenvalue weighted by molar-refractivity contribution is 0.160. The van der Waals surface area contributed by atoms with Crippen LogP contribution in [-0.4, -0.2) is 36.7 Å². The van der Waals surface area contributed by atoms with Gasteiger partial charge in [-0.2, -0.15) is 0 Å². The predicted octanol–water partition coefficient (Wildman–Crippen LogP) is 4.63. The van der Waals surface area contributed by atoms with Crippen LogP contribution in [0, 0.1) is 0 Å². The van der Waals surface area contributed by atoms with E-state index in [1.165, 1.54) is 33.7 Å². The van der Waals surface area contributed by atoms with Crippen molar-refractivity contribution in [3.63, 3.8) is 0 Å². The predicted molar refractivity (Wildman–Crippen MR) is 125 cm³/mol. The minimum absolute atomic E-state index is 0.207. The summed E-state index contributed by atoms with van der Waals surface area (Å²) >= 11 is 6.25. The lowest BCUT2D eigenvalue weighted by Gasteiger charge is -2.23. The van der Waals surface area contributed by atoms with Crippen molar-refractivity contribution in [1.82, 2.24) is 20.9 Å². The van der Waals surface area contributed by atoms with Crippen LogP contribution in [0.4, 0.5) is 5.69 Å². The van der Waals surface area contributed by atoms with Crippen molar-refractivity contribution < 1.29 is 0 Å². The first-order valence-corrected chi connectivity index (χ1v) is 11.0. The number of nitrogens with zero attached hydrogens (tertiary/aromatic N) is 2. The van der Waals surface area contributed by atoms with Crippen LogP contribution in [0.25, 0.3) is 11.3 Å². The Bertz CT molecular complexity index is 1030. The topological polar surface area (TPSA) is 42.6 Å². The number of hydrazine groups is 2. The van der Waals surface area contributed by atoms with E-state index in [1.807, 2.05) is 18.2 Å².